The topological polar surface area (TPSA) is 41.5 Å². The van der Waals surface area contributed by atoms with Crippen LogP contribution < -0.4 is 10.1 Å². The van der Waals surface area contributed by atoms with Crippen LogP contribution in [0.5, 0.6) is 5.75 Å². The van der Waals surface area contributed by atoms with Crippen molar-refractivity contribution in [1.29, 1.82) is 0 Å². The highest BCUT2D eigenvalue weighted by molar-refractivity contribution is 5.38. The first-order valence-electron chi connectivity index (χ1n) is 6.70. The van der Waals surface area contributed by atoms with Gasteiger partial charge in [-0.2, -0.15) is 0 Å². The Morgan fingerprint density at radius 3 is 2.83 bits per heavy atom. The molecule has 0 saturated heterocycles. The summed E-state index contributed by atoms with van der Waals surface area (Å²) in [6, 6.07) is 8.56. The highest BCUT2D eigenvalue weighted by Crippen LogP contribution is 2.39. The van der Waals surface area contributed by atoms with Crippen LogP contribution in [0, 0.1) is 0 Å². The van der Waals surface area contributed by atoms with Gasteiger partial charge in [0.25, 0.3) is 0 Å². The second kappa shape index (κ2) is 5.29. The molecule has 2 N–H and O–H groups in total. The van der Waals surface area contributed by atoms with E-state index in [0.717, 1.165) is 18.6 Å². The molecule has 18 heavy (non-hydrogen) atoms. The molecule has 1 aromatic rings. The molecule has 0 radical (unpaired) electrons. The van der Waals surface area contributed by atoms with Crippen LogP contribution in [0.25, 0.3) is 0 Å². The maximum atomic E-state index is 9.34. The number of ether oxygens (including phenoxy) is 1. The lowest BCUT2D eigenvalue weighted by atomic mass is 9.89. The van der Waals surface area contributed by atoms with E-state index in [1.54, 1.807) is 0 Å². The van der Waals surface area contributed by atoms with Gasteiger partial charge in [0.05, 0.1) is 6.61 Å². The number of fused-ring (bicyclic) bond motifs is 1. The molecule has 0 aromatic heterocycles. The predicted molar refractivity (Wildman–Crippen MR) is 72.8 cm³/mol. The van der Waals surface area contributed by atoms with Crippen LogP contribution in [0.3, 0.4) is 0 Å². The second-order valence-corrected chi connectivity index (χ2v) is 5.61. The van der Waals surface area contributed by atoms with E-state index >= 15 is 0 Å². The van der Waals surface area contributed by atoms with E-state index in [9.17, 15) is 5.11 Å². The number of para-hydroxylation sites is 1. The van der Waals surface area contributed by atoms with Crippen molar-refractivity contribution >= 4 is 0 Å². The van der Waals surface area contributed by atoms with Crippen molar-refractivity contribution in [3.63, 3.8) is 0 Å². The third-order valence-corrected chi connectivity index (χ3v) is 3.53. The fraction of sp³-hybridized carbons (Fsp3) is 0.600. The van der Waals surface area contributed by atoms with Crippen LogP contribution in [0.15, 0.2) is 24.3 Å². The Kier molecular flexibility index (Phi) is 3.93. The van der Waals surface area contributed by atoms with E-state index in [2.05, 4.69) is 32.2 Å². The van der Waals surface area contributed by atoms with Gasteiger partial charge in [-0.1, -0.05) is 25.1 Å². The largest absolute Gasteiger partial charge is 0.487 e. The maximum Gasteiger partial charge on any atom is 0.124 e. The van der Waals surface area contributed by atoms with Crippen LogP contribution in [-0.4, -0.2) is 23.4 Å². The van der Waals surface area contributed by atoms with Gasteiger partial charge in [-0.25, -0.2) is 0 Å². The lowest BCUT2D eigenvalue weighted by Crippen LogP contribution is -2.43. The Morgan fingerprint density at radius 2 is 2.17 bits per heavy atom. The molecule has 1 unspecified atom stereocenters. The molecule has 0 amide bonds. The van der Waals surface area contributed by atoms with Crippen molar-refractivity contribution in [1.82, 2.24) is 5.32 Å². The minimum atomic E-state index is -0.167. The molecule has 100 valence electrons. The predicted octanol–water partition coefficient (Wildman–Crippen LogP) is 2.65. The minimum absolute atomic E-state index is 0.150. The van der Waals surface area contributed by atoms with Gasteiger partial charge in [-0.3, -0.25) is 0 Å². The van der Waals surface area contributed by atoms with Crippen molar-refractivity contribution in [3.05, 3.63) is 29.8 Å². The van der Waals surface area contributed by atoms with Crippen molar-refractivity contribution in [2.45, 2.75) is 51.3 Å². The van der Waals surface area contributed by atoms with Crippen molar-refractivity contribution in [2.24, 2.45) is 0 Å². The number of benzene rings is 1. The summed E-state index contributed by atoms with van der Waals surface area (Å²) in [7, 11) is 0. The fourth-order valence-electron chi connectivity index (χ4n) is 2.54. The molecular formula is C15H23NO2. The summed E-state index contributed by atoms with van der Waals surface area (Å²) in [6.07, 6.45) is 1.84. The van der Waals surface area contributed by atoms with Gasteiger partial charge < -0.3 is 15.2 Å². The normalized spacial score (nSPS) is 23.0. The molecular weight excluding hydrogens is 226 g/mol. The summed E-state index contributed by atoms with van der Waals surface area (Å²) in [5.74, 6) is 0.957. The monoisotopic (exact) mass is 249 g/mol. The molecule has 2 rings (SSSR count). The van der Waals surface area contributed by atoms with Gasteiger partial charge in [-0.15, -0.1) is 0 Å². The first-order valence-corrected chi connectivity index (χ1v) is 6.70. The summed E-state index contributed by atoms with van der Waals surface area (Å²) in [5, 5.41) is 12.9. The van der Waals surface area contributed by atoms with E-state index in [1.165, 1.54) is 5.56 Å². The Morgan fingerprint density at radius 1 is 1.44 bits per heavy atom. The Bertz CT molecular complexity index is 399. The molecule has 1 aliphatic rings. The molecule has 0 saturated carbocycles. The molecule has 2 atom stereocenters. The average Bonchev–Trinajstić information content (AvgIpc) is 2.34. The maximum absolute atomic E-state index is 9.34. The third-order valence-electron chi connectivity index (χ3n) is 3.53. The second-order valence-electron chi connectivity index (χ2n) is 5.61. The van der Waals surface area contributed by atoms with Gasteiger partial charge in [-0.05, 0) is 26.3 Å². The highest BCUT2D eigenvalue weighted by Gasteiger charge is 2.34. The summed E-state index contributed by atoms with van der Waals surface area (Å²) in [6.45, 7) is 6.48. The first kappa shape index (κ1) is 13.4. The summed E-state index contributed by atoms with van der Waals surface area (Å²) < 4.78 is 6.00. The molecule has 3 heteroatoms. The van der Waals surface area contributed by atoms with Crippen LogP contribution in [-0.2, 0) is 0 Å². The lowest BCUT2D eigenvalue weighted by Gasteiger charge is -2.39. The van der Waals surface area contributed by atoms with Crippen molar-refractivity contribution < 1.29 is 9.84 Å². The van der Waals surface area contributed by atoms with E-state index in [4.69, 9.17) is 4.74 Å². The third kappa shape index (κ3) is 2.85. The number of hydrogen-bond donors (Lipinski definition) is 2. The number of rotatable bonds is 4. The van der Waals surface area contributed by atoms with E-state index in [-0.39, 0.29) is 24.3 Å². The number of hydrogen-bond acceptors (Lipinski definition) is 3. The number of nitrogens with one attached hydrogen (secondary N) is 1. The molecule has 1 aliphatic heterocycles. The standard InChI is InChI=1S/C15H23NO2/c1-4-11(10-17)16-13-9-15(2,3)18-14-8-6-5-7-12(13)14/h5-8,11,13,16-17H,4,9-10H2,1-3H3/t11-,13?/m0/s1. The van der Waals surface area contributed by atoms with Gasteiger partial charge in [0.15, 0.2) is 0 Å². The van der Waals surface area contributed by atoms with Crippen LogP contribution in [0.4, 0.5) is 0 Å². The SMILES string of the molecule is CC[C@@H](CO)NC1CC(C)(C)Oc2ccccc21. The molecule has 0 spiro atoms. The van der Waals surface area contributed by atoms with Crippen LogP contribution >= 0.6 is 0 Å². The van der Waals surface area contributed by atoms with E-state index in [1.807, 2.05) is 18.2 Å². The Labute approximate surface area is 109 Å². The van der Waals surface area contributed by atoms with E-state index in [0.29, 0.717) is 0 Å². The highest BCUT2D eigenvalue weighted by atomic mass is 16.5. The molecule has 0 fully saturated rings. The van der Waals surface area contributed by atoms with Gasteiger partial charge in [0, 0.05) is 24.1 Å². The molecule has 0 aliphatic carbocycles. The number of aliphatic hydroxyl groups excluding tert-OH is 1. The molecule has 1 heterocycles. The zero-order valence-corrected chi connectivity index (χ0v) is 11.4. The van der Waals surface area contributed by atoms with Gasteiger partial charge in [0.1, 0.15) is 11.4 Å². The van der Waals surface area contributed by atoms with Crippen LogP contribution in [0.2, 0.25) is 0 Å². The summed E-state index contributed by atoms with van der Waals surface area (Å²) in [5.41, 5.74) is 1.03. The zero-order valence-electron chi connectivity index (χ0n) is 11.4. The van der Waals surface area contributed by atoms with Gasteiger partial charge >= 0.3 is 0 Å². The van der Waals surface area contributed by atoms with Gasteiger partial charge in [0.2, 0.25) is 0 Å². The first-order chi connectivity index (χ1) is 8.55. The number of aliphatic hydroxyl groups is 1. The molecule has 0 bridgehead atoms. The van der Waals surface area contributed by atoms with E-state index < -0.39 is 0 Å². The molecule has 3 nitrogen and oxygen atoms in total. The summed E-state index contributed by atoms with van der Waals surface area (Å²) >= 11 is 0. The smallest absolute Gasteiger partial charge is 0.124 e. The summed E-state index contributed by atoms with van der Waals surface area (Å²) in [4.78, 5) is 0. The minimum Gasteiger partial charge on any atom is -0.487 e. The quantitative estimate of drug-likeness (QED) is 0.862. The Hall–Kier alpha value is -1.06. The van der Waals surface area contributed by atoms with Crippen molar-refractivity contribution in [2.75, 3.05) is 6.61 Å². The lowest BCUT2D eigenvalue weighted by molar-refractivity contribution is 0.0609. The fourth-order valence-corrected chi connectivity index (χ4v) is 2.54. The van der Waals surface area contributed by atoms with Crippen molar-refractivity contribution in [3.8, 4) is 5.75 Å². The average molecular weight is 249 g/mol. The molecule has 1 aromatic carbocycles. The Balaban J connectivity index is 2.24. The zero-order chi connectivity index (χ0) is 13.2. The van der Waals surface area contributed by atoms with Crippen LogP contribution in [0.1, 0.15) is 45.2 Å².